The average Bonchev–Trinajstić information content (AvgIpc) is 2.53. The van der Waals surface area contributed by atoms with Crippen LogP contribution in [0.25, 0.3) is 16.2 Å². The second kappa shape index (κ2) is 3.21. The quantitative estimate of drug-likeness (QED) is 0.609. The maximum absolute atomic E-state index is 2.33. The van der Waals surface area contributed by atoms with Crippen molar-refractivity contribution in [1.29, 1.82) is 0 Å². The molecule has 1 heteroatoms. The van der Waals surface area contributed by atoms with E-state index in [0.717, 1.165) is 0 Å². The smallest absolute Gasteiger partial charge is 0.0354 e. The van der Waals surface area contributed by atoms with E-state index in [1.165, 1.54) is 27.6 Å². The molecule has 1 aliphatic rings. The summed E-state index contributed by atoms with van der Waals surface area (Å²) >= 11 is 1.97. The minimum atomic E-state index is 0.701. The molecule has 0 bridgehead atoms. The maximum atomic E-state index is 2.33. The zero-order valence-electron chi connectivity index (χ0n) is 9.08. The van der Waals surface area contributed by atoms with E-state index >= 15 is 0 Å². The molecule has 0 saturated carbocycles. The normalized spacial score (nSPS) is 19.5. The fourth-order valence-corrected chi connectivity index (χ4v) is 3.66. The van der Waals surface area contributed by atoms with Gasteiger partial charge in [0.1, 0.15) is 0 Å². The standard InChI is InChI=1S/C14H14S/c1-9-3-5-11-12-6-4-10(2)8-14(12)15-13(11)7-9/h3-7,10H,8H2,1-2H3. The Morgan fingerprint density at radius 1 is 1.33 bits per heavy atom. The highest BCUT2D eigenvalue weighted by Gasteiger charge is 2.15. The molecule has 0 spiro atoms. The molecule has 2 aromatic rings. The fraction of sp³-hybridized carbons (Fsp3) is 0.286. The van der Waals surface area contributed by atoms with Gasteiger partial charge in [0.15, 0.2) is 0 Å². The molecule has 1 unspecified atom stereocenters. The summed E-state index contributed by atoms with van der Waals surface area (Å²) in [6, 6.07) is 6.78. The Bertz CT molecular complexity index is 546. The highest BCUT2D eigenvalue weighted by molar-refractivity contribution is 7.19. The Balaban J connectivity index is 2.29. The Kier molecular flexibility index (Phi) is 1.96. The Morgan fingerprint density at radius 2 is 2.20 bits per heavy atom. The van der Waals surface area contributed by atoms with Crippen molar-refractivity contribution < 1.29 is 0 Å². The van der Waals surface area contributed by atoms with E-state index in [1.54, 1.807) is 4.88 Å². The van der Waals surface area contributed by atoms with Gasteiger partial charge < -0.3 is 0 Å². The molecule has 0 N–H and O–H groups in total. The summed E-state index contributed by atoms with van der Waals surface area (Å²) in [5, 5.41) is 1.43. The van der Waals surface area contributed by atoms with Crippen LogP contribution in [0.3, 0.4) is 0 Å². The number of hydrogen-bond acceptors (Lipinski definition) is 1. The summed E-state index contributed by atoms with van der Waals surface area (Å²) < 4.78 is 1.44. The zero-order valence-corrected chi connectivity index (χ0v) is 9.90. The highest BCUT2D eigenvalue weighted by atomic mass is 32.1. The number of hydrogen-bond donors (Lipinski definition) is 0. The van der Waals surface area contributed by atoms with Gasteiger partial charge in [-0.15, -0.1) is 11.3 Å². The largest absolute Gasteiger partial charge is 0.140 e. The van der Waals surface area contributed by atoms with Crippen LogP contribution in [-0.2, 0) is 6.42 Å². The first kappa shape index (κ1) is 9.17. The lowest BCUT2D eigenvalue weighted by Gasteiger charge is -2.10. The van der Waals surface area contributed by atoms with E-state index in [1.807, 2.05) is 11.3 Å². The van der Waals surface area contributed by atoms with Crippen molar-refractivity contribution in [3.63, 3.8) is 0 Å². The first-order valence-corrected chi connectivity index (χ1v) is 6.26. The van der Waals surface area contributed by atoms with Crippen LogP contribution in [0.15, 0.2) is 24.3 Å². The molecule has 3 rings (SSSR count). The van der Waals surface area contributed by atoms with Crippen LogP contribution in [0.2, 0.25) is 0 Å². The summed E-state index contributed by atoms with van der Waals surface area (Å²) in [5.74, 6) is 0.701. The fourth-order valence-electron chi connectivity index (χ4n) is 2.23. The first-order chi connectivity index (χ1) is 7.24. The monoisotopic (exact) mass is 214 g/mol. The molecule has 0 nitrogen and oxygen atoms in total. The zero-order chi connectivity index (χ0) is 10.4. The third-order valence-electron chi connectivity index (χ3n) is 3.06. The molecule has 0 aliphatic heterocycles. The van der Waals surface area contributed by atoms with Gasteiger partial charge in [-0.05, 0) is 41.8 Å². The number of rotatable bonds is 0. The minimum Gasteiger partial charge on any atom is -0.140 e. The van der Waals surface area contributed by atoms with Gasteiger partial charge in [0.05, 0.1) is 0 Å². The van der Waals surface area contributed by atoms with Gasteiger partial charge in [0.2, 0.25) is 0 Å². The molecular weight excluding hydrogens is 200 g/mol. The molecule has 0 radical (unpaired) electrons. The van der Waals surface area contributed by atoms with Crippen LogP contribution >= 0.6 is 11.3 Å². The second-order valence-corrected chi connectivity index (χ2v) is 5.62. The van der Waals surface area contributed by atoms with Gasteiger partial charge in [-0.25, -0.2) is 0 Å². The number of allylic oxidation sites excluding steroid dienone is 1. The molecule has 1 heterocycles. The summed E-state index contributed by atoms with van der Waals surface area (Å²) in [5.41, 5.74) is 2.83. The van der Waals surface area contributed by atoms with Crippen LogP contribution in [0.5, 0.6) is 0 Å². The molecule has 76 valence electrons. The van der Waals surface area contributed by atoms with Crippen LogP contribution < -0.4 is 0 Å². The molecule has 0 saturated heterocycles. The number of benzene rings is 1. The van der Waals surface area contributed by atoms with Gasteiger partial charge in [0, 0.05) is 9.58 Å². The molecule has 1 atom stereocenters. The van der Waals surface area contributed by atoms with Gasteiger partial charge in [-0.3, -0.25) is 0 Å². The van der Waals surface area contributed by atoms with Crippen molar-refractivity contribution in [2.45, 2.75) is 20.3 Å². The predicted molar refractivity (Wildman–Crippen MR) is 68.5 cm³/mol. The lowest BCUT2D eigenvalue weighted by molar-refractivity contribution is 0.728. The second-order valence-electron chi connectivity index (χ2n) is 4.48. The van der Waals surface area contributed by atoms with E-state index < -0.39 is 0 Å². The Morgan fingerprint density at radius 3 is 3.07 bits per heavy atom. The third kappa shape index (κ3) is 1.42. The highest BCUT2D eigenvalue weighted by Crippen LogP contribution is 2.37. The number of aryl methyl sites for hydroxylation is 1. The number of thiophene rings is 1. The molecule has 1 aromatic carbocycles. The van der Waals surface area contributed by atoms with Crippen LogP contribution in [0.4, 0.5) is 0 Å². The summed E-state index contributed by atoms with van der Waals surface area (Å²) in [7, 11) is 0. The molecule has 1 aromatic heterocycles. The SMILES string of the molecule is Cc1ccc2c3c(sc2c1)CC(C)C=C3. The lowest BCUT2D eigenvalue weighted by atomic mass is 9.95. The Labute approximate surface area is 94.2 Å². The van der Waals surface area contributed by atoms with E-state index in [-0.39, 0.29) is 0 Å². The van der Waals surface area contributed by atoms with Crippen molar-refractivity contribution in [2.24, 2.45) is 5.92 Å². The summed E-state index contributed by atoms with van der Waals surface area (Å²) in [4.78, 5) is 1.56. The van der Waals surface area contributed by atoms with Crippen LogP contribution in [0.1, 0.15) is 22.9 Å². The van der Waals surface area contributed by atoms with Crippen molar-refractivity contribution in [1.82, 2.24) is 0 Å². The lowest BCUT2D eigenvalue weighted by Crippen LogP contribution is -1.99. The van der Waals surface area contributed by atoms with Gasteiger partial charge >= 0.3 is 0 Å². The van der Waals surface area contributed by atoms with E-state index in [0.29, 0.717) is 5.92 Å². The topological polar surface area (TPSA) is 0 Å². The van der Waals surface area contributed by atoms with E-state index in [4.69, 9.17) is 0 Å². The minimum absolute atomic E-state index is 0.701. The summed E-state index contributed by atoms with van der Waals surface area (Å²) in [6.45, 7) is 4.45. The average molecular weight is 214 g/mol. The molecule has 0 fully saturated rings. The van der Waals surface area contributed by atoms with E-state index in [2.05, 4.69) is 44.2 Å². The van der Waals surface area contributed by atoms with Crippen LogP contribution in [0, 0.1) is 12.8 Å². The Hall–Kier alpha value is -1.08. The van der Waals surface area contributed by atoms with E-state index in [9.17, 15) is 0 Å². The molecular formula is C14H14S. The molecule has 1 aliphatic carbocycles. The number of fused-ring (bicyclic) bond motifs is 3. The van der Waals surface area contributed by atoms with Crippen LogP contribution in [-0.4, -0.2) is 0 Å². The van der Waals surface area contributed by atoms with Gasteiger partial charge in [0.25, 0.3) is 0 Å². The first-order valence-electron chi connectivity index (χ1n) is 5.44. The van der Waals surface area contributed by atoms with Crippen molar-refractivity contribution in [3.8, 4) is 0 Å². The van der Waals surface area contributed by atoms with Crippen molar-refractivity contribution >= 4 is 27.5 Å². The van der Waals surface area contributed by atoms with Crippen molar-refractivity contribution in [3.05, 3.63) is 40.3 Å². The predicted octanol–water partition coefficient (Wildman–Crippen LogP) is 4.42. The van der Waals surface area contributed by atoms with Gasteiger partial charge in [-0.2, -0.15) is 0 Å². The van der Waals surface area contributed by atoms with Crippen molar-refractivity contribution in [2.75, 3.05) is 0 Å². The summed E-state index contributed by atoms with van der Waals surface area (Å²) in [6.07, 6.45) is 5.84. The van der Waals surface area contributed by atoms with Gasteiger partial charge in [-0.1, -0.05) is 31.2 Å². The molecule has 15 heavy (non-hydrogen) atoms. The maximum Gasteiger partial charge on any atom is 0.0354 e. The third-order valence-corrected chi connectivity index (χ3v) is 4.25. The molecule has 0 amide bonds.